The molecule has 3 rings (SSSR count). The summed E-state index contributed by atoms with van der Waals surface area (Å²) in [5.74, 6) is -0.640. The first-order valence-corrected chi connectivity index (χ1v) is 9.93. The second-order valence-electron chi connectivity index (χ2n) is 7.52. The van der Waals surface area contributed by atoms with Crippen molar-refractivity contribution in [2.45, 2.75) is 49.8 Å². The van der Waals surface area contributed by atoms with E-state index in [2.05, 4.69) is 0 Å². The van der Waals surface area contributed by atoms with Gasteiger partial charge < -0.3 is 9.84 Å². The van der Waals surface area contributed by atoms with Crippen molar-refractivity contribution < 1.29 is 23.1 Å². The number of sulfonamides is 1. The summed E-state index contributed by atoms with van der Waals surface area (Å²) < 4.78 is 32.6. The standard InChI is InChI=1S/C19H23NO5S/c1-19(2,3)25-18(22)17-11-15(21)12-20(17)26(23,24)16-9-8-13-6-4-5-7-14(13)10-16/h4-10,15,17,21H,11-12H2,1-3H3/t15-,17+/m1/s1. The lowest BCUT2D eigenvalue weighted by Gasteiger charge is -2.26. The minimum absolute atomic E-state index is 0.0295. The van der Waals surface area contributed by atoms with Crippen LogP contribution >= 0.6 is 0 Å². The molecule has 0 spiro atoms. The van der Waals surface area contributed by atoms with Gasteiger partial charge in [-0.2, -0.15) is 4.31 Å². The molecule has 0 bridgehead atoms. The first kappa shape index (κ1) is 18.8. The molecule has 0 amide bonds. The molecule has 0 aromatic heterocycles. The Morgan fingerprint density at radius 3 is 2.46 bits per heavy atom. The zero-order valence-corrected chi connectivity index (χ0v) is 15.9. The molecule has 26 heavy (non-hydrogen) atoms. The predicted molar refractivity (Wildman–Crippen MR) is 98.1 cm³/mol. The van der Waals surface area contributed by atoms with Crippen LogP contribution in [0.25, 0.3) is 10.8 Å². The van der Waals surface area contributed by atoms with E-state index in [-0.39, 0.29) is 17.9 Å². The van der Waals surface area contributed by atoms with Crippen molar-refractivity contribution >= 4 is 26.8 Å². The molecule has 0 radical (unpaired) electrons. The Bertz CT molecular complexity index is 932. The van der Waals surface area contributed by atoms with E-state index < -0.39 is 33.7 Å². The largest absolute Gasteiger partial charge is 0.459 e. The minimum atomic E-state index is -3.94. The second-order valence-corrected chi connectivity index (χ2v) is 9.41. The Labute approximate surface area is 153 Å². The van der Waals surface area contributed by atoms with E-state index in [1.807, 2.05) is 24.3 Å². The molecule has 6 nitrogen and oxygen atoms in total. The van der Waals surface area contributed by atoms with Crippen molar-refractivity contribution in [3.05, 3.63) is 42.5 Å². The van der Waals surface area contributed by atoms with Crippen LogP contribution in [0, 0.1) is 0 Å². The van der Waals surface area contributed by atoms with E-state index in [1.165, 1.54) is 6.07 Å². The smallest absolute Gasteiger partial charge is 0.325 e. The normalized spacial score (nSPS) is 21.8. The number of nitrogens with zero attached hydrogens (tertiary/aromatic N) is 1. The van der Waals surface area contributed by atoms with Gasteiger partial charge in [-0.1, -0.05) is 30.3 Å². The highest BCUT2D eigenvalue weighted by atomic mass is 32.2. The summed E-state index contributed by atoms with van der Waals surface area (Å²) in [6, 6.07) is 11.3. The molecule has 0 unspecified atom stereocenters. The molecule has 1 aliphatic rings. The van der Waals surface area contributed by atoms with Crippen LogP contribution in [0.1, 0.15) is 27.2 Å². The number of hydrogen-bond donors (Lipinski definition) is 1. The Kier molecular flexibility index (Phi) is 4.81. The summed E-state index contributed by atoms with van der Waals surface area (Å²) in [7, 11) is -3.94. The summed E-state index contributed by atoms with van der Waals surface area (Å²) in [5, 5.41) is 11.7. The van der Waals surface area contributed by atoms with Crippen molar-refractivity contribution in [2.75, 3.05) is 6.54 Å². The van der Waals surface area contributed by atoms with Crippen LogP contribution in [-0.4, -0.2) is 48.1 Å². The summed E-state index contributed by atoms with van der Waals surface area (Å²) >= 11 is 0. The van der Waals surface area contributed by atoms with Gasteiger partial charge in [0.25, 0.3) is 0 Å². The lowest BCUT2D eigenvalue weighted by molar-refractivity contribution is -0.158. The third kappa shape index (κ3) is 3.75. The first-order valence-electron chi connectivity index (χ1n) is 8.49. The Morgan fingerprint density at radius 1 is 1.15 bits per heavy atom. The number of carbonyl (C=O) groups excluding carboxylic acids is 1. The topological polar surface area (TPSA) is 83.9 Å². The highest BCUT2D eigenvalue weighted by Crippen LogP contribution is 2.29. The fraction of sp³-hybridized carbons (Fsp3) is 0.421. The van der Waals surface area contributed by atoms with Crippen molar-refractivity contribution in [3.8, 4) is 0 Å². The van der Waals surface area contributed by atoms with Gasteiger partial charge in [-0.05, 0) is 43.7 Å². The van der Waals surface area contributed by atoms with Gasteiger partial charge in [0, 0.05) is 13.0 Å². The number of benzene rings is 2. The van der Waals surface area contributed by atoms with Crippen molar-refractivity contribution in [1.82, 2.24) is 4.31 Å². The molecule has 1 fully saturated rings. The molecule has 140 valence electrons. The average molecular weight is 377 g/mol. The maximum Gasteiger partial charge on any atom is 0.325 e. The summed E-state index contributed by atoms with van der Waals surface area (Å²) in [5.41, 5.74) is -0.733. The lowest BCUT2D eigenvalue weighted by Crippen LogP contribution is -2.43. The number of esters is 1. The van der Waals surface area contributed by atoms with E-state index >= 15 is 0 Å². The Hall–Kier alpha value is -1.96. The second kappa shape index (κ2) is 6.64. The van der Waals surface area contributed by atoms with Crippen molar-refractivity contribution in [1.29, 1.82) is 0 Å². The third-order valence-corrected chi connectivity index (χ3v) is 6.11. The molecular weight excluding hydrogens is 354 g/mol. The quantitative estimate of drug-likeness (QED) is 0.830. The lowest BCUT2D eigenvalue weighted by atomic mass is 10.1. The number of rotatable bonds is 3. The molecule has 1 saturated heterocycles. The number of hydrogen-bond acceptors (Lipinski definition) is 5. The van der Waals surface area contributed by atoms with Gasteiger partial charge in [-0.3, -0.25) is 4.79 Å². The van der Waals surface area contributed by atoms with E-state index in [1.54, 1.807) is 32.9 Å². The van der Waals surface area contributed by atoms with Gasteiger partial charge in [-0.15, -0.1) is 0 Å². The molecule has 1 N–H and O–H groups in total. The average Bonchev–Trinajstić information content (AvgIpc) is 2.96. The Balaban J connectivity index is 1.96. The molecule has 1 aliphatic heterocycles. The first-order chi connectivity index (χ1) is 12.1. The van der Waals surface area contributed by atoms with Crippen LogP contribution in [0.2, 0.25) is 0 Å². The molecule has 2 atom stereocenters. The predicted octanol–water partition coefficient (Wildman–Crippen LogP) is 2.31. The van der Waals surface area contributed by atoms with Crippen LogP contribution in [-0.2, 0) is 19.6 Å². The number of carbonyl (C=O) groups is 1. The fourth-order valence-corrected chi connectivity index (χ4v) is 4.76. The monoisotopic (exact) mass is 377 g/mol. The number of fused-ring (bicyclic) bond motifs is 1. The zero-order valence-electron chi connectivity index (χ0n) is 15.0. The number of aliphatic hydroxyl groups is 1. The van der Waals surface area contributed by atoms with Gasteiger partial charge in [0.1, 0.15) is 11.6 Å². The van der Waals surface area contributed by atoms with Crippen LogP contribution in [0.4, 0.5) is 0 Å². The molecule has 0 aliphatic carbocycles. The van der Waals surface area contributed by atoms with Crippen LogP contribution in [0.5, 0.6) is 0 Å². The Morgan fingerprint density at radius 2 is 1.81 bits per heavy atom. The molecule has 7 heteroatoms. The maximum absolute atomic E-state index is 13.1. The van der Waals surface area contributed by atoms with E-state index in [0.29, 0.717) is 0 Å². The summed E-state index contributed by atoms with van der Waals surface area (Å²) in [6.45, 7) is 5.04. The number of β-amino-alcohol motifs (C(OH)–C–C–N with tert-alkyl or cyclic N) is 1. The highest BCUT2D eigenvalue weighted by Gasteiger charge is 2.45. The van der Waals surface area contributed by atoms with Gasteiger partial charge >= 0.3 is 5.97 Å². The maximum atomic E-state index is 13.1. The van der Waals surface area contributed by atoms with Gasteiger partial charge in [0.2, 0.25) is 10.0 Å². The molecule has 2 aromatic carbocycles. The SMILES string of the molecule is CC(C)(C)OC(=O)[C@@H]1C[C@@H](O)CN1S(=O)(=O)c1ccc2ccccc2c1. The van der Waals surface area contributed by atoms with E-state index in [0.717, 1.165) is 15.1 Å². The molecule has 2 aromatic rings. The highest BCUT2D eigenvalue weighted by molar-refractivity contribution is 7.89. The van der Waals surface area contributed by atoms with Crippen LogP contribution < -0.4 is 0 Å². The van der Waals surface area contributed by atoms with Crippen molar-refractivity contribution in [3.63, 3.8) is 0 Å². The van der Waals surface area contributed by atoms with Gasteiger partial charge in [-0.25, -0.2) is 8.42 Å². The zero-order chi connectivity index (χ0) is 19.1. The molecule has 0 saturated carbocycles. The van der Waals surface area contributed by atoms with Crippen molar-refractivity contribution in [2.24, 2.45) is 0 Å². The minimum Gasteiger partial charge on any atom is -0.459 e. The fourth-order valence-electron chi connectivity index (χ4n) is 3.10. The van der Waals surface area contributed by atoms with Gasteiger partial charge in [0.05, 0.1) is 11.0 Å². The van der Waals surface area contributed by atoms with Crippen LogP contribution in [0.15, 0.2) is 47.4 Å². The number of aliphatic hydroxyl groups excluding tert-OH is 1. The van der Waals surface area contributed by atoms with E-state index in [9.17, 15) is 18.3 Å². The van der Waals surface area contributed by atoms with E-state index in [4.69, 9.17) is 4.74 Å². The number of ether oxygens (including phenoxy) is 1. The molecular formula is C19H23NO5S. The van der Waals surface area contributed by atoms with Gasteiger partial charge in [0.15, 0.2) is 0 Å². The summed E-state index contributed by atoms with van der Waals surface area (Å²) in [4.78, 5) is 12.6. The van der Waals surface area contributed by atoms with Crippen LogP contribution in [0.3, 0.4) is 0 Å². The molecule has 1 heterocycles. The summed E-state index contributed by atoms with van der Waals surface area (Å²) in [6.07, 6.45) is -0.871. The third-order valence-electron chi connectivity index (χ3n) is 4.24.